The van der Waals surface area contributed by atoms with Crippen LogP contribution >= 0.6 is 34.7 Å². The monoisotopic (exact) mass is 380 g/mol. The number of fused-ring (bicyclic) bond motifs is 1. The van der Waals surface area contributed by atoms with Gasteiger partial charge in [-0.25, -0.2) is 9.50 Å². The van der Waals surface area contributed by atoms with Crippen molar-refractivity contribution < 1.29 is 4.84 Å². The van der Waals surface area contributed by atoms with E-state index < -0.39 is 0 Å². The summed E-state index contributed by atoms with van der Waals surface area (Å²) in [4.78, 5) is 12.8. The maximum Gasteiger partial charge on any atom is 0.212 e. The van der Waals surface area contributed by atoms with Crippen molar-refractivity contribution in [2.75, 3.05) is 5.75 Å². The molecule has 0 bridgehead atoms. The third-order valence-electron chi connectivity index (χ3n) is 3.18. The molecule has 2 heterocycles. The Morgan fingerprint density at radius 1 is 1.38 bits per heavy atom. The molecule has 0 unspecified atom stereocenters. The molecule has 0 radical (unpaired) electrons. The van der Waals surface area contributed by atoms with Gasteiger partial charge in [-0.1, -0.05) is 28.1 Å². The average Bonchev–Trinajstić information content (AvgIpc) is 3.13. The van der Waals surface area contributed by atoms with Crippen LogP contribution in [0.3, 0.4) is 0 Å². The van der Waals surface area contributed by atoms with Gasteiger partial charge in [0.2, 0.25) is 4.96 Å². The van der Waals surface area contributed by atoms with Gasteiger partial charge in [0, 0.05) is 15.7 Å². The molecular formula is C16H17ClN4OS2. The number of hydrogen-bond acceptors (Lipinski definition) is 6. The van der Waals surface area contributed by atoms with E-state index in [1.165, 1.54) is 0 Å². The van der Waals surface area contributed by atoms with E-state index in [1.54, 1.807) is 29.4 Å². The van der Waals surface area contributed by atoms with Gasteiger partial charge in [0.15, 0.2) is 0 Å². The van der Waals surface area contributed by atoms with Crippen LogP contribution in [0.5, 0.6) is 0 Å². The van der Waals surface area contributed by atoms with E-state index in [-0.39, 0.29) is 6.10 Å². The normalized spacial score (nSPS) is 12.3. The molecule has 0 saturated carbocycles. The van der Waals surface area contributed by atoms with E-state index in [2.05, 4.69) is 15.2 Å². The van der Waals surface area contributed by atoms with E-state index in [9.17, 15) is 0 Å². The first-order valence-corrected chi connectivity index (χ1v) is 9.63. The number of thiazole rings is 1. The maximum atomic E-state index is 5.94. The van der Waals surface area contributed by atoms with E-state index in [4.69, 9.17) is 16.4 Å². The third kappa shape index (κ3) is 3.91. The van der Waals surface area contributed by atoms with Gasteiger partial charge in [-0.2, -0.15) is 5.10 Å². The van der Waals surface area contributed by atoms with Gasteiger partial charge in [-0.05, 0) is 45.0 Å². The Morgan fingerprint density at radius 2 is 2.12 bits per heavy atom. The van der Waals surface area contributed by atoms with Crippen molar-refractivity contribution in [3.8, 4) is 0 Å². The zero-order valence-electron chi connectivity index (χ0n) is 13.6. The fraction of sp³-hybridized carbons (Fsp3) is 0.312. The molecule has 0 saturated heterocycles. The summed E-state index contributed by atoms with van der Waals surface area (Å²) in [7, 11) is 0. The van der Waals surface area contributed by atoms with Crippen LogP contribution in [0.2, 0.25) is 5.02 Å². The standard InChI is InChI=1S/C16H17ClN4OS2/c1-10(2)22-20-14(8-23-13-6-4-12(17)5-7-13)15-11(3)21-16(24-15)18-9-19-21/h4-7,9-10H,8H2,1-3H3. The molecule has 8 heteroatoms. The molecule has 0 atom stereocenters. The molecular weight excluding hydrogens is 364 g/mol. The van der Waals surface area contributed by atoms with Gasteiger partial charge in [-0.15, -0.1) is 11.8 Å². The number of thioether (sulfide) groups is 1. The minimum atomic E-state index is 0.0306. The number of hydrogen-bond donors (Lipinski definition) is 0. The van der Waals surface area contributed by atoms with Crippen LogP contribution in [-0.4, -0.2) is 32.2 Å². The van der Waals surface area contributed by atoms with Crippen LogP contribution in [-0.2, 0) is 4.84 Å². The van der Waals surface area contributed by atoms with Crippen molar-refractivity contribution in [3.63, 3.8) is 0 Å². The van der Waals surface area contributed by atoms with Gasteiger partial charge in [0.1, 0.15) is 18.1 Å². The molecule has 0 aliphatic carbocycles. The van der Waals surface area contributed by atoms with Crippen molar-refractivity contribution in [1.29, 1.82) is 0 Å². The fourth-order valence-electron chi connectivity index (χ4n) is 2.04. The highest BCUT2D eigenvalue weighted by Gasteiger charge is 2.17. The highest BCUT2D eigenvalue weighted by Crippen LogP contribution is 2.26. The number of aryl methyl sites for hydroxylation is 1. The molecule has 5 nitrogen and oxygen atoms in total. The Bertz CT molecular complexity index is 855. The Balaban J connectivity index is 1.85. The highest BCUT2D eigenvalue weighted by molar-refractivity contribution is 8.00. The van der Waals surface area contributed by atoms with Crippen molar-refractivity contribution in [1.82, 2.24) is 14.6 Å². The second-order valence-corrected chi connectivity index (χ2v) is 7.87. The minimum Gasteiger partial charge on any atom is -0.393 e. The quantitative estimate of drug-likeness (QED) is 0.354. The lowest BCUT2D eigenvalue weighted by Crippen LogP contribution is -2.08. The summed E-state index contributed by atoms with van der Waals surface area (Å²) < 4.78 is 1.83. The number of oxime groups is 1. The number of halogens is 1. The van der Waals surface area contributed by atoms with Crippen LogP contribution in [0, 0.1) is 6.92 Å². The molecule has 0 fully saturated rings. The van der Waals surface area contributed by atoms with Crippen LogP contribution < -0.4 is 0 Å². The summed E-state index contributed by atoms with van der Waals surface area (Å²) in [6, 6.07) is 7.78. The van der Waals surface area contributed by atoms with Gasteiger partial charge in [0.05, 0.1) is 10.6 Å². The second-order valence-electron chi connectivity index (χ2n) is 5.41. The third-order valence-corrected chi connectivity index (χ3v) is 5.65. The van der Waals surface area contributed by atoms with Crippen molar-refractivity contribution in [2.24, 2.45) is 5.16 Å². The summed E-state index contributed by atoms with van der Waals surface area (Å²) in [6.45, 7) is 5.94. The Kier molecular flexibility index (Phi) is 5.43. The molecule has 3 rings (SSSR count). The molecule has 0 amide bonds. The summed E-state index contributed by atoms with van der Waals surface area (Å²) >= 11 is 9.20. The number of benzene rings is 1. The first-order chi connectivity index (χ1) is 11.5. The Hall–Kier alpha value is -1.57. The van der Waals surface area contributed by atoms with E-state index in [1.807, 2.05) is 49.6 Å². The molecule has 3 aromatic rings. The summed E-state index contributed by atoms with van der Waals surface area (Å²) in [5, 5.41) is 9.35. The lowest BCUT2D eigenvalue weighted by atomic mass is 10.3. The number of nitrogens with zero attached hydrogens (tertiary/aromatic N) is 4. The highest BCUT2D eigenvalue weighted by atomic mass is 35.5. The second kappa shape index (κ2) is 7.55. The summed E-state index contributed by atoms with van der Waals surface area (Å²) in [5.74, 6) is 0.693. The first kappa shape index (κ1) is 17.3. The van der Waals surface area contributed by atoms with Gasteiger partial charge in [-0.3, -0.25) is 0 Å². The van der Waals surface area contributed by atoms with Crippen LogP contribution in [0.25, 0.3) is 4.96 Å². The molecule has 1 aromatic carbocycles. The predicted molar refractivity (Wildman–Crippen MR) is 101 cm³/mol. The van der Waals surface area contributed by atoms with Gasteiger partial charge in [0.25, 0.3) is 0 Å². The molecule has 0 aliphatic heterocycles. The Morgan fingerprint density at radius 3 is 2.79 bits per heavy atom. The van der Waals surface area contributed by atoms with Gasteiger partial charge < -0.3 is 4.84 Å². The smallest absolute Gasteiger partial charge is 0.212 e. The number of rotatable bonds is 6. The Labute approximate surface area is 153 Å². The summed E-state index contributed by atoms with van der Waals surface area (Å²) in [6.07, 6.45) is 1.59. The average molecular weight is 381 g/mol. The van der Waals surface area contributed by atoms with Crippen molar-refractivity contribution >= 4 is 45.4 Å². The fourth-order valence-corrected chi connectivity index (χ4v) is 4.11. The lowest BCUT2D eigenvalue weighted by molar-refractivity contribution is 0.0861. The number of aromatic nitrogens is 3. The van der Waals surface area contributed by atoms with Crippen LogP contribution in [0.4, 0.5) is 0 Å². The molecule has 24 heavy (non-hydrogen) atoms. The maximum absolute atomic E-state index is 5.94. The minimum absolute atomic E-state index is 0.0306. The molecule has 0 aliphatic rings. The van der Waals surface area contributed by atoms with E-state index >= 15 is 0 Å². The van der Waals surface area contributed by atoms with Crippen molar-refractivity contribution in [2.45, 2.75) is 31.8 Å². The topological polar surface area (TPSA) is 51.8 Å². The molecule has 126 valence electrons. The molecule has 0 N–H and O–H groups in total. The SMILES string of the molecule is Cc1c(C(CSc2ccc(Cl)cc2)=NOC(C)C)sc2ncnn12. The van der Waals surface area contributed by atoms with Crippen molar-refractivity contribution in [3.05, 3.63) is 46.2 Å². The summed E-state index contributed by atoms with van der Waals surface area (Å²) in [5.41, 5.74) is 1.91. The molecule has 2 aromatic heterocycles. The zero-order valence-corrected chi connectivity index (χ0v) is 16.0. The van der Waals surface area contributed by atoms with E-state index in [0.29, 0.717) is 5.75 Å². The largest absolute Gasteiger partial charge is 0.393 e. The zero-order chi connectivity index (χ0) is 17.1. The van der Waals surface area contributed by atoms with Crippen LogP contribution in [0.15, 0.2) is 40.6 Å². The molecule has 0 spiro atoms. The first-order valence-electron chi connectivity index (χ1n) is 7.45. The van der Waals surface area contributed by atoms with Gasteiger partial charge >= 0.3 is 0 Å². The van der Waals surface area contributed by atoms with Crippen LogP contribution in [0.1, 0.15) is 24.4 Å². The predicted octanol–water partition coefficient (Wildman–Crippen LogP) is 4.67. The lowest BCUT2D eigenvalue weighted by Gasteiger charge is -2.08. The van der Waals surface area contributed by atoms with E-state index in [0.717, 1.165) is 31.2 Å².